The van der Waals surface area contributed by atoms with Gasteiger partial charge in [-0.15, -0.1) is 0 Å². The first-order valence-electron chi connectivity index (χ1n) is 8.23. The number of hydrogen-bond acceptors (Lipinski definition) is 8. The van der Waals surface area contributed by atoms with Gasteiger partial charge in [0.15, 0.2) is 5.78 Å². The Hall–Kier alpha value is -3.23. The molecule has 0 aliphatic heterocycles. The average Bonchev–Trinajstić information content (AvgIpc) is 2.71. The van der Waals surface area contributed by atoms with Crippen molar-refractivity contribution in [3.8, 4) is 0 Å². The second-order valence-electron chi connectivity index (χ2n) is 5.07. The van der Waals surface area contributed by atoms with E-state index in [2.05, 4.69) is 15.2 Å². The number of ketones is 1. The molecular weight excluding hydrogens is 352 g/mol. The molecule has 148 valence electrons. The number of carbonyl (C=O) groups is 3. The van der Waals surface area contributed by atoms with Crippen molar-refractivity contribution in [3.05, 3.63) is 35.9 Å². The Morgan fingerprint density at radius 1 is 1.26 bits per heavy atom. The third kappa shape index (κ3) is 13.7. The first-order chi connectivity index (χ1) is 12.9. The van der Waals surface area contributed by atoms with Gasteiger partial charge in [0, 0.05) is 13.5 Å². The van der Waals surface area contributed by atoms with E-state index in [1.807, 2.05) is 30.3 Å². The quantitative estimate of drug-likeness (QED) is 0.381. The minimum absolute atomic E-state index is 0.116. The van der Waals surface area contributed by atoms with Crippen molar-refractivity contribution in [1.82, 2.24) is 10.3 Å². The van der Waals surface area contributed by atoms with Crippen LogP contribution in [0.4, 0.5) is 4.79 Å². The zero-order chi connectivity index (χ0) is 20.5. The van der Waals surface area contributed by atoms with Gasteiger partial charge < -0.3 is 20.2 Å². The number of nitrogens with one attached hydrogen (secondary N) is 2. The Kier molecular flexibility index (Phi) is 13.3. The van der Waals surface area contributed by atoms with Crippen LogP contribution in [0.1, 0.15) is 18.9 Å². The summed E-state index contributed by atoms with van der Waals surface area (Å²) >= 11 is 0. The summed E-state index contributed by atoms with van der Waals surface area (Å²) in [5, 5.41) is 14.5. The Bertz CT molecular complexity index is 619. The molecule has 0 bridgehead atoms. The molecule has 0 saturated heterocycles. The van der Waals surface area contributed by atoms with Gasteiger partial charge in [-0.05, 0) is 5.56 Å². The number of Topliss-reactive ketones (excluding diaryl/α,β-unsaturated/α-hetero) is 1. The molecule has 0 heterocycles. The highest BCUT2D eigenvalue weighted by atomic mass is 16.6. The topological polar surface area (TPSA) is 121 Å². The van der Waals surface area contributed by atoms with Crippen molar-refractivity contribution in [2.75, 3.05) is 33.9 Å². The van der Waals surface area contributed by atoms with Crippen LogP contribution in [-0.4, -0.2) is 69.1 Å². The lowest BCUT2D eigenvalue weighted by molar-refractivity contribution is -0.139. The van der Waals surface area contributed by atoms with E-state index in [1.165, 1.54) is 7.11 Å². The van der Waals surface area contributed by atoms with Gasteiger partial charge in [-0.2, -0.15) is 5.10 Å². The minimum atomic E-state index is -0.666. The molecule has 2 N–H and O–H groups in total. The Balaban J connectivity index is 0.000000972. The first kappa shape index (κ1) is 23.8. The van der Waals surface area contributed by atoms with E-state index in [-0.39, 0.29) is 18.9 Å². The molecule has 9 nitrogen and oxygen atoms in total. The van der Waals surface area contributed by atoms with Crippen molar-refractivity contribution in [2.45, 2.75) is 13.3 Å². The molecule has 0 spiro atoms. The molecule has 0 saturated carbocycles. The maximum Gasteiger partial charge on any atom is 0.407 e. The van der Waals surface area contributed by atoms with Crippen LogP contribution < -0.4 is 5.32 Å². The lowest BCUT2D eigenvalue weighted by atomic mass is 10.2. The van der Waals surface area contributed by atoms with Crippen molar-refractivity contribution in [2.24, 2.45) is 5.10 Å². The van der Waals surface area contributed by atoms with Crippen LogP contribution in [0.25, 0.3) is 0 Å². The van der Waals surface area contributed by atoms with E-state index in [0.717, 1.165) is 11.8 Å². The third-order valence-electron chi connectivity index (χ3n) is 2.97. The number of carbonyl (C=O) groups excluding carboxylic acids is 3. The Morgan fingerprint density at radius 3 is 2.44 bits per heavy atom. The van der Waals surface area contributed by atoms with Crippen LogP contribution in [0.3, 0.4) is 0 Å². The summed E-state index contributed by atoms with van der Waals surface area (Å²) in [6, 6.07) is 9.66. The Labute approximate surface area is 158 Å². The summed E-state index contributed by atoms with van der Waals surface area (Å²) < 4.78 is 9.27. The number of benzene rings is 1. The summed E-state index contributed by atoms with van der Waals surface area (Å²) in [4.78, 5) is 32.0. The maximum atomic E-state index is 11.2. The molecule has 0 radical (unpaired) electrons. The zero-order valence-electron chi connectivity index (χ0n) is 15.8. The van der Waals surface area contributed by atoms with Gasteiger partial charge in [-0.1, -0.05) is 37.3 Å². The molecule has 0 atom stereocenters. The monoisotopic (exact) mass is 378 g/mol. The lowest BCUT2D eigenvalue weighted by Crippen LogP contribution is -2.32. The van der Waals surface area contributed by atoms with Crippen molar-refractivity contribution >= 4 is 30.3 Å². The summed E-state index contributed by atoms with van der Waals surface area (Å²) in [6.07, 6.45) is 2.33. The van der Waals surface area contributed by atoms with E-state index < -0.39 is 12.1 Å². The molecule has 0 aliphatic carbocycles. The van der Waals surface area contributed by atoms with Crippen LogP contribution in [0.5, 0.6) is 0 Å². The van der Waals surface area contributed by atoms with Crippen molar-refractivity contribution in [3.63, 3.8) is 0 Å². The number of hydrogen-bond donors (Lipinski definition) is 2. The molecule has 0 unspecified atom stereocenters. The van der Waals surface area contributed by atoms with Gasteiger partial charge in [0.05, 0.1) is 26.1 Å². The summed E-state index contributed by atoms with van der Waals surface area (Å²) in [5.41, 5.74) is 0.987. The van der Waals surface area contributed by atoms with E-state index in [9.17, 15) is 14.4 Å². The van der Waals surface area contributed by atoms with E-state index in [4.69, 9.17) is 10.1 Å². The van der Waals surface area contributed by atoms with Crippen LogP contribution >= 0.6 is 0 Å². The number of methoxy groups -OCH3 is 1. The van der Waals surface area contributed by atoms with E-state index in [1.54, 1.807) is 25.2 Å². The van der Waals surface area contributed by atoms with Gasteiger partial charge in [0.1, 0.15) is 13.2 Å². The normalized spacial score (nSPS) is 9.59. The fraction of sp³-hybridized carbons (Fsp3) is 0.389. The molecule has 1 amide bonds. The number of amides is 1. The highest BCUT2D eigenvalue weighted by Gasteiger charge is 2.05. The minimum Gasteiger partial charge on any atom is -0.468 e. The molecule has 1 rings (SSSR count). The molecule has 0 fully saturated rings. The van der Waals surface area contributed by atoms with Crippen LogP contribution in [0.15, 0.2) is 35.4 Å². The molecule has 1 aromatic rings. The molecule has 0 aliphatic rings. The molecule has 9 heteroatoms. The van der Waals surface area contributed by atoms with Gasteiger partial charge in [-0.3, -0.25) is 14.6 Å². The molecule has 1 aromatic carbocycles. The Morgan fingerprint density at radius 2 is 1.93 bits per heavy atom. The fourth-order valence-corrected chi connectivity index (χ4v) is 1.40. The highest BCUT2D eigenvalue weighted by Crippen LogP contribution is 1.95. The van der Waals surface area contributed by atoms with Crippen molar-refractivity contribution < 1.29 is 23.9 Å². The van der Waals surface area contributed by atoms with Gasteiger partial charge in [-0.25, -0.2) is 4.79 Å². The first-order valence-corrected chi connectivity index (χ1v) is 8.23. The summed E-state index contributed by atoms with van der Waals surface area (Å²) in [6.45, 7) is 2.12. The number of esters is 1. The van der Waals surface area contributed by atoms with E-state index in [0.29, 0.717) is 13.0 Å². The number of alkyl carbamates (subject to hydrolysis) is 1. The molecule has 0 aromatic heterocycles. The van der Waals surface area contributed by atoms with Crippen molar-refractivity contribution in [1.29, 1.82) is 5.41 Å². The van der Waals surface area contributed by atoms with Gasteiger partial charge >= 0.3 is 12.1 Å². The number of rotatable bonds is 9. The number of likely N-dealkylation sites (N-methyl/N-ethyl adjacent to an activating group) is 1. The largest absolute Gasteiger partial charge is 0.468 e. The highest BCUT2D eigenvalue weighted by molar-refractivity contribution is 6.26. The lowest BCUT2D eigenvalue weighted by Gasteiger charge is -2.12. The fourth-order valence-electron chi connectivity index (χ4n) is 1.40. The zero-order valence-corrected chi connectivity index (χ0v) is 15.8. The maximum absolute atomic E-state index is 11.2. The summed E-state index contributed by atoms with van der Waals surface area (Å²) in [7, 11) is 3.02. The second-order valence-corrected chi connectivity index (χ2v) is 5.07. The average molecular weight is 378 g/mol. The predicted molar refractivity (Wildman–Crippen MR) is 102 cm³/mol. The van der Waals surface area contributed by atoms with Gasteiger partial charge in [0.25, 0.3) is 0 Å². The second kappa shape index (κ2) is 15.1. The number of hydrazone groups is 1. The molecular formula is C18H26N4O5. The van der Waals surface area contributed by atoms with Gasteiger partial charge in [0.2, 0.25) is 0 Å². The van der Waals surface area contributed by atoms with Crippen LogP contribution in [-0.2, 0) is 19.1 Å². The SMILES string of the molecule is CCC(=O)C=N.COC(=O)CNC(=O)OCCN(C)/N=C/c1ccccc1. The standard InChI is InChI=1S/C14H19N3O4.C4H7NO/c1-17(16-10-12-6-4-3-5-7-12)8-9-21-14(19)15-11-13(18)20-2;1-2-4(6)3-5/h3-7,10H,8-9,11H2,1-2H3,(H,15,19);3,5H,2H2,1H3/b16-10+;. The number of ether oxygens (including phenoxy) is 2. The summed E-state index contributed by atoms with van der Waals surface area (Å²) in [5.74, 6) is -0.647. The van der Waals surface area contributed by atoms with Crippen LogP contribution in [0.2, 0.25) is 0 Å². The smallest absolute Gasteiger partial charge is 0.407 e. The van der Waals surface area contributed by atoms with E-state index >= 15 is 0 Å². The number of nitrogens with zero attached hydrogens (tertiary/aromatic N) is 2. The third-order valence-corrected chi connectivity index (χ3v) is 2.97. The predicted octanol–water partition coefficient (Wildman–Crippen LogP) is 1.47. The molecule has 27 heavy (non-hydrogen) atoms. The van der Waals surface area contributed by atoms with Crippen LogP contribution in [0, 0.1) is 5.41 Å².